The SMILES string of the molecule is CC/C=C\C/C=C\C/C=C\C/C=C\C/C=C\C/C=C\CCC(=O)OC(COC(=O)CC/C=C\C/C=C\C/C=C\C/C=C\CC)COP(=O)(O)OCCN. The lowest BCUT2D eigenvalue weighted by molar-refractivity contribution is -0.161. The van der Waals surface area contributed by atoms with Crippen LogP contribution in [0.4, 0.5) is 0 Å². The summed E-state index contributed by atoms with van der Waals surface area (Å²) in [5.41, 5.74) is 5.32. The van der Waals surface area contributed by atoms with Crippen molar-refractivity contribution >= 4 is 19.8 Å². The van der Waals surface area contributed by atoms with Gasteiger partial charge in [-0.3, -0.25) is 18.6 Å². The summed E-state index contributed by atoms with van der Waals surface area (Å²) in [5, 5.41) is 0. The first-order valence-corrected chi connectivity index (χ1v) is 20.5. The monoisotopic (exact) mass is 755 g/mol. The molecule has 0 amide bonds. The molecular formula is C43H66NO8P. The zero-order valence-corrected chi connectivity index (χ0v) is 33.1. The number of phosphoric acid groups is 1. The highest BCUT2D eigenvalue weighted by atomic mass is 31.2. The van der Waals surface area contributed by atoms with Gasteiger partial charge in [-0.25, -0.2) is 4.57 Å². The van der Waals surface area contributed by atoms with Crippen molar-refractivity contribution in [1.29, 1.82) is 0 Å². The zero-order chi connectivity index (χ0) is 38.9. The molecule has 2 atom stereocenters. The fourth-order valence-electron chi connectivity index (χ4n) is 4.14. The van der Waals surface area contributed by atoms with Gasteiger partial charge in [0.05, 0.1) is 13.2 Å². The number of ether oxygens (including phenoxy) is 2. The van der Waals surface area contributed by atoms with Gasteiger partial charge in [-0.05, 0) is 77.0 Å². The largest absolute Gasteiger partial charge is 0.472 e. The molecule has 0 saturated heterocycles. The van der Waals surface area contributed by atoms with Crippen molar-refractivity contribution in [2.45, 2.75) is 110 Å². The Bertz CT molecular complexity index is 1270. The molecule has 0 rings (SSSR count). The van der Waals surface area contributed by atoms with Crippen molar-refractivity contribution in [1.82, 2.24) is 0 Å². The van der Waals surface area contributed by atoms with Crippen LogP contribution in [-0.4, -0.2) is 49.3 Å². The molecule has 0 bridgehead atoms. The third-order valence-electron chi connectivity index (χ3n) is 6.87. The maximum atomic E-state index is 12.5. The van der Waals surface area contributed by atoms with Crippen LogP contribution >= 0.6 is 7.82 Å². The molecule has 0 aliphatic rings. The van der Waals surface area contributed by atoms with Gasteiger partial charge in [0, 0.05) is 19.4 Å². The minimum absolute atomic E-state index is 0.0256. The van der Waals surface area contributed by atoms with Crippen LogP contribution in [0.3, 0.4) is 0 Å². The summed E-state index contributed by atoms with van der Waals surface area (Å²) in [7, 11) is -4.42. The van der Waals surface area contributed by atoms with Crippen molar-refractivity contribution in [3.05, 3.63) is 122 Å². The number of phosphoric ester groups is 1. The van der Waals surface area contributed by atoms with Gasteiger partial charge in [0.15, 0.2) is 6.10 Å². The third kappa shape index (κ3) is 38.0. The van der Waals surface area contributed by atoms with Crippen LogP contribution in [0.5, 0.6) is 0 Å². The summed E-state index contributed by atoms with van der Waals surface area (Å²) in [6.45, 7) is 3.27. The summed E-state index contributed by atoms with van der Waals surface area (Å²) in [6, 6.07) is 0. The van der Waals surface area contributed by atoms with Gasteiger partial charge in [-0.15, -0.1) is 0 Å². The van der Waals surface area contributed by atoms with Crippen LogP contribution in [0.2, 0.25) is 0 Å². The van der Waals surface area contributed by atoms with E-state index in [1.165, 1.54) is 0 Å². The van der Waals surface area contributed by atoms with Crippen LogP contribution in [0.15, 0.2) is 122 Å². The minimum atomic E-state index is -4.42. The molecule has 0 aliphatic heterocycles. The minimum Gasteiger partial charge on any atom is -0.462 e. The summed E-state index contributed by atoms with van der Waals surface area (Å²) < 4.78 is 32.5. The normalized spacial score (nSPS) is 14.7. The Morgan fingerprint density at radius 1 is 0.547 bits per heavy atom. The summed E-state index contributed by atoms with van der Waals surface area (Å²) in [4.78, 5) is 34.6. The van der Waals surface area contributed by atoms with E-state index >= 15 is 0 Å². The summed E-state index contributed by atoms with van der Waals surface area (Å²) >= 11 is 0. The molecule has 0 aromatic heterocycles. The first-order chi connectivity index (χ1) is 25.8. The molecule has 53 heavy (non-hydrogen) atoms. The Hall–Kier alpha value is -3.59. The second-order valence-electron chi connectivity index (χ2n) is 11.7. The number of allylic oxidation sites excluding steroid dienone is 20. The molecule has 10 heteroatoms. The van der Waals surface area contributed by atoms with E-state index in [1.54, 1.807) is 0 Å². The van der Waals surface area contributed by atoms with E-state index < -0.39 is 32.5 Å². The fourth-order valence-corrected chi connectivity index (χ4v) is 4.91. The Kier molecular flexibility index (Phi) is 35.6. The Balaban J connectivity index is 4.49. The molecular weight excluding hydrogens is 689 g/mol. The average Bonchev–Trinajstić information content (AvgIpc) is 3.14. The van der Waals surface area contributed by atoms with E-state index in [2.05, 4.69) is 111 Å². The second-order valence-corrected chi connectivity index (χ2v) is 13.1. The van der Waals surface area contributed by atoms with Gasteiger partial charge >= 0.3 is 19.8 Å². The predicted octanol–water partition coefficient (Wildman–Crippen LogP) is 10.6. The molecule has 0 aromatic rings. The number of esters is 2. The number of rotatable bonds is 33. The molecule has 0 heterocycles. The highest BCUT2D eigenvalue weighted by molar-refractivity contribution is 7.47. The lowest BCUT2D eigenvalue weighted by Crippen LogP contribution is -2.29. The van der Waals surface area contributed by atoms with Gasteiger partial charge in [-0.2, -0.15) is 0 Å². The standard InChI is InChI=1S/C43H66NO8P/c1-3-5-7-9-11-13-15-17-18-19-20-21-22-24-26-28-30-32-34-36-43(46)52-41(40-51-53(47,48)50-38-37-44)39-49-42(45)35-33-31-29-27-25-23-16-14-12-10-8-6-4-2/h5-8,11-14,17-18,20-21,23-26,29-32,41H,3-4,9-10,15-16,19,22,27-28,33-40,44H2,1-2H3,(H,47,48)/b7-5-,8-6-,13-11-,14-12-,18-17-,21-20-,25-23-,26-24-,31-29-,32-30-. The van der Waals surface area contributed by atoms with Crippen LogP contribution in [0.1, 0.15) is 104 Å². The van der Waals surface area contributed by atoms with E-state index in [1.807, 2.05) is 24.3 Å². The topological polar surface area (TPSA) is 134 Å². The molecule has 296 valence electrons. The van der Waals surface area contributed by atoms with E-state index in [-0.39, 0.29) is 32.6 Å². The molecule has 3 N–H and O–H groups in total. The zero-order valence-electron chi connectivity index (χ0n) is 32.2. The smallest absolute Gasteiger partial charge is 0.462 e. The number of hydrogen-bond acceptors (Lipinski definition) is 8. The number of carbonyl (C=O) groups excluding carboxylic acids is 2. The highest BCUT2D eigenvalue weighted by Gasteiger charge is 2.25. The van der Waals surface area contributed by atoms with Crippen LogP contribution in [0.25, 0.3) is 0 Å². The van der Waals surface area contributed by atoms with Crippen molar-refractivity contribution in [2.24, 2.45) is 5.73 Å². The predicted molar refractivity (Wildman–Crippen MR) is 219 cm³/mol. The van der Waals surface area contributed by atoms with E-state index in [0.717, 1.165) is 64.2 Å². The number of hydrogen-bond donors (Lipinski definition) is 2. The Morgan fingerprint density at radius 2 is 0.906 bits per heavy atom. The Morgan fingerprint density at radius 3 is 1.28 bits per heavy atom. The molecule has 0 aromatic carbocycles. The van der Waals surface area contributed by atoms with Gasteiger partial charge in [0.1, 0.15) is 6.61 Å². The van der Waals surface area contributed by atoms with Crippen molar-refractivity contribution in [3.8, 4) is 0 Å². The summed E-state index contributed by atoms with van der Waals surface area (Å²) in [5.74, 6) is -1.04. The molecule has 0 saturated carbocycles. The maximum Gasteiger partial charge on any atom is 0.472 e. The first kappa shape index (κ1) is 49.4. The summed E-state index contributed by atoms with van der Waals surface area (Å²) in [6.07, 6.45) is 51.2. The first-order valence-electron chi connectivity index (χ1n) is 19.0. The number of carbonyl (C=O) groups is 2. The van der Waals surface area contributed by atoms with Crippen molar-refractivity contribution < 1.29 is 37.6 Å². The lowest BCUT2D eigenvalue weighted by Gasteiger charge is -2.19. The van der Waals surface area contributed by atoms with Crippen LogP contribution in [-0.2, 0) is 32.7 Å². The lowest BCUT2D eigenvalue weighted by atomic mass is 10.2. The van der Waals surface area contributed by atoms with Gasteiger partial charge in [0.2, 0.25) is 0 Å². The van der Waals surface area contributed by atoms with E-state index in [9.17, 15) is 19.0 Å². The molecule has 2 unspecified atom stereocenters. The molecule has 0 spiro atoms. The quantitative estimate of drug-likeness (QED) is 0.0381. The van der Waals surface area contributed by atoms with Crippen molar-refractivity contribution in [3.63, 3.8) is 0 Å². The van der Waals surface area contributed by atoms with E-state index in [4.69, 9.17) is 24.3 Å². The molecule has 9 nitrogen and oxygen atoms in total. The highest BCUT2D eigenvalue weighted by Crippen LogP contribution is 2.43. The average molecular weight is 756 g/mol. The van der Waals surface area contributed by atoms with Gasteiger partial charge in [0.25, 0.3) is 0 Å². The van der Waals surface area contributed by atoms with Gasteiger partial charge in [-0.1, -0.05) is 135 Å². The molecule has 0 radical (unpaired) electrons. The fraction of sp³-hybridized carbons (Fsp3) is 0.488. The van der Waals surface area contributed by atoms with E-state index in [0.29, 0.717) is 12.8 Å². The maximum absolute atomic E-state index is 12.5. The van der Waals surface area contributed by atoms with Crippen LogP contribution in [0, 0.1) is 0 Å². The second kappa shape index (κ2) is 38.1. The Labute approximate surface area is 320 Å². The third-order valence-corrected chi connectivity index (χ3v) is 7.85. The number of nitrogens with two attached hydrogens (primary N) is 1. The van der Waals surface area contributed by atoms with Gasteiger partial charge < -0.3 is 20.1 Å². The van der Waals surface area contributed by atoms with Crippen molar-refractivity contribution in [2.75, 3.05) is 26.4 Å². The molecule has 0 aliphatic carbocycles. The molecule has 0 fully saturated rings. The van der Waals surface area contributed by atoms with Crippen LogP contribution < -0.4 is 5.73 Å².